The quantitative estimate of drug-likeness (QED) is 0.781. The van der Waals surface area contributed by atoms with Crippen LogP contribution in [0.3, 0.4) is 0 Å². The molecule has 2 rings (SSSR count). The lowest BCUT2D eigenvalue weighted by Gasteiger charge is -2.22. The highest BCUT2D eigenvalue weighted by atomic mass is 32.2. The lowest BCUT2D eigenvalue weighted by atomic mass is 9.83. The van der Waals surface area contributed by atoms with Gasteiger partial charge in [0, 0.05) is 13.1 Å². The molecule has 1 aromatic carbocycles. The van der Waals surface area contributed by atoms with E-state index < -0.39 is 10.0 Å². The molecule has 1 fully saturated rings. The van der Waals surface area contributed by atoms with Gasteiger partial charge in [-0.3, -0.25) is 0 Å². The second kappa shape index (κ2) is 6.17. The smallest absolute Gasteiger partial charge is 0.207 e. The Labute approximate surface area is 138 Å². The Bertz CT molecular complexity index is 759. The van der Waals surface area contributed by atoms with Gasteiger partial charge in [0.25, 0.3) is 0 Å². The van der Waals surface area contributed by atoms with Crippen LogP contribution in [0.25, 0.3) is 6.08 Å². The lowest BCUT2D eigenvalue weighted by Crippen LogP contribution is -2.24. The molecule has 0 spiro atoms. The van der Waals surface area contributed by atoms with Crippen LogP contribution in [0.2, 0.25) is 0 Å². The second-order valence-corrected chi connectivity index (χ2v) is 8.92. The molecule has 1 saturated heterocycles. The molecule has 1 aromatic rings. The van der Waals surface area contributed by atoms with Crippen molar-refractivity contribution in [2.24, 2.45) is 5.18 Å². The van der Waals surface area contributed by atoms with Crippen LogP contribution in [0.4, 0.5) is 5.69 Å². The van der Waals surface area contributed by atoms with Crippen molar-refractivity contribution in [1.82, 2.24) is 4.31 Å². The van der Waals surface area contributed by atoms with E-state index in [0.29, 0.717) is 30.1 Å². The highest BCUT2D eigenvalue weighted by molar-refractivity contribution is 7.93. The summed E-state index contributed by atoms with van der Waals surface area (Å²) in [6.45, 7) is 10.7. The number of nitrogens with zero attached hydrogens (tertiary/aromatic N) is 2. The number of aryl methyl sites for hydroxylation is 1. The largest absolute Gasteiger partial charge is 0.239 e. The van der Waals surface area contributed by atoms with Crippen molar-refractivity contribution in [3.05, 3.63) is 38.6 Å². The average molecular weight is 336 g/mol. The molecular weight excluding hydrogens is 312 g/mol. The van der Waals surface area contributed by atoms with Gasteiger partial charge in [-0.15, -0.1) is 4.91 Å². The molecule has 1 aliphatic heterocycles. The molecule has 6 heteroatoms. The first-order valence-corrected chi connectivity index (χ1v) is 9.24. The zero-order valence-corrected chi connectivity index (χ0v) is 15.2. The number of nitroso groups, excluding NO2 is 1. The molecule has 0 N–H and O–H groups in total. The van der Waals surface area contributed by atoms with Gasteiger partial charge in [0.15, 0.2) is 0 Å². The molecule has 1 aliphatic rings. The van der Waals surface area contributed by atoms with Gasteiger partial charge in [0.2, 0.25) is 10.0 Å². The van der Waals surface area contributed by atoms with Gasteiger partial charge >= 0.3 is 0 Å². The van der Waals surface area contributed by atoms with Crippen LogP contribution in [-0.2, 0) is 15.4 Å². The number of sulfonamides is 1. The van der Waals surface area contributed by atoms with E-state index in [1.807, 2.05) is 46.8 Å². The third kappa shape index (κ3) is 3.38. The van der Waals surface area contributed by atoms with Crippen molar-refractivity contribution in [3.8, 4) is 0 Å². The summed E-state index contributed by atoms with van der Waals surface area (Å²) in [6, 6.07) is 3.70. The van der Waals surface area contributed by atoms with Crippen molar-refractivity contribution < 1.29 is 8.42 Å². The van der Waals surface area contributed by atoms with E-state index in [1.54, 1.807) is 6.08 Å². The van der Waals surface area contributed by atoms with Crippen LogP contribution in [0.15, 0.2) is 22.2 Å². The summed E-state index contributed by atoms with van der Waals surface area (Å²) in [5, 5.41) is 3.17. The van der Waals surface area contributed by atoms with E-state index in [4.69, 9.17) is 0 Å². The highest BCUT2D eigenvalue weighted by Crippen LogP contribution is 2.36. The maximum absolute atomic E-state index is 12.4. The fourth-order valence-electron chi connectivity index (χ4n) is 2.89. The summed E-state index contributed by atoms with van der Waals surface area (Å²) >= 11 is 0. The van der Waals surface area contributed by atoms with Gasteiger partial charge in [-0.2, -0.15) is 4.31 Å². The minimum Gasteiger partial charge on any atom is -0.207 e. The molecule has 0 aromatic heterocycles. The number of hydrogen-bond donors (Lipinski definition) is 0. The number of rotatable bonds is 3. The first-order chi connectivity index (χ1) is 10.6. The van der Waals surface area contributed by atoms with E-state index in [2.05, 4.69) is 5.18 Å². The van der Waals surface area contributed by atoms with Crippen molar-refractivity contribution in [2.45, 2.75) is 46.5 Å². The molecule has 0 unspecified atom stereocenters. The lowest BCUT2D eigenvalue weighted by molar-refractivity contribution is 0.463. The Morgan fingerprint density at radius 3 is 2.43 bits per heavy atom. The molecule has 5 nitrogen and oxygen atoms in total. The summed E-state index contributed by atoms with van der Waals surface area (Å²) in [6.07, 6.45) is 2.25. The third-order valence-corrected chi connectivity index (χ3v) is 6.29. The van der Waals surface area contributed by atoms with E-state index in [9.17, 15) is 13.3 Å². The van der Waals surface area contributed by atoms with Crippen LogP contribution in [0, 0.1) is 11.8 Å². The van der Waals surface area contributed by atoms with Crippen LogP contribution in [0.5, 0.6) is 0 Å². The van der Waals surface area contributed by atoms with Crippen molar-refractivity contribution in [1.29, 1.82) is 0 Å². The topological polar surface area (TPSA) is 66.8 Å². The van der Waals surface area contributed by atoms with Gasteiger partial charge < -0.3 is 0 Å². The van der Waals surface area contributed by atoms with Crippen molar-refractivity contribution >= 4 is 21.8 Å². The molecule has 0 atom stereocenters. The fourth-order valence-corrected chi connectivity index (χ4v) is 4.53. The van der Waals surface area contributed by atoms with Crippen molar-refractivity contribution in [3.63, 3.8) is 0 Å². The van der Waals surface area contributed by atoms with Gasteiger partial charge in [-0.05, 0) is 58.8 Å². The second-order valence-electron chi connectivity index (χ2n) is 6.93. The summed E-state index contributed by atoms with van der Waals surface area (Å²) in [5.41, 5.74) is 2.61. The maximum Gasteiger partial charge on any atom is 0.239 e. The first kappa shape index (κ1) is 17.8. The standard InChI is InChI=1S/C17H24N2O3S/c1-6-19-8-7-14(23(19,21)22)10-13-9-12(2)16(18-20)15(11-13)17(3,4)5/h9-11H,6-8H2,1-5H3/b14-10+. The maximum atomic E-state index is 12.4. The predicted octanol–water partition coefficient (Wildman–Crippen LogP) is 4.09. The van der Waals surface area contributed by atoms with E-state index in [-0.39, 0.29) is 5.41 Å². The van der Waals surface area contributed by atoms with Gasteiger partial charge in [-0.1, -0.05) is 27.7 Å². The van der Waals surface area contributed by atoms with Crippen LogP contribution < -0.4 is 0 Å². The minimum atomic E-state index is -3.34. The third-order valence-electron chi connectivity index (χ3n) is 4.18. The molecular formula is C17H24N2O3S. The molecule has 0 aliphatic carbocycles. The van der Waals surface area contributed by atoms with Gasteiger partial charge in [0.1, 0.15) is 5.69 Å². The van der Waals surface area contributed by atoms with Gasteiger partial charge in [-0.25, -0.2) is 8.42 Å². The fraction of sp³-hybridized carbons (Fsp3) is 0.529. The molecule has 0 radical (unpaired) electrons. The average Bonchev–Trinajstić information content (AvgIpc) is 2.72. The zero-order chi connectivity index (χ0) is 17.4. The number of benzene rings is 1. The Morgan fingerprint density at radius 1 is 1.30 bits per heavy atom. The molecule has 23 heavy (non-hydrogen) atoms. The van der Waals surface area contributed by atoms with Crippen LogP contribution >= 0.6 is 0 Å². The Morgan fingerprint density at radius 2 is 1.96 bits per heavy atom. The Balaban J connectivity index is 2.57. The normalized spacial score (nSPS) is 20.1. The summed E-state index contributed by atoms with van der Waals surface area (Å²) in [4.78, 5) is 11.6. The first-order valence-electron chi connectivity index (χ1n) is 7.80. The molecule has 0 saturated carbocycles. The monoisotopic (exact) mass is 336 g/mol. The molecule has 126 valence electrons. The Kier molecular flexibility index (Phi) is 4.78. The summed E-state index contributed by atoms with van der Waals surface area (Å²) in [5.74, 6) is 0. The highest BCUT2D eigenvalue weighted by Gasteiger charge is 2.32. The zero-order valence-electron chi connectivity index (χ0n) is 14.4. The molecule has 0 bridgehead atoms. The summed E-state index contributed by atoms with van der Waals surface area (Å²) in [7, 11) is -3.34. The van der Waals surface area contributed by atoms with Crippen LogP contribution in [-0.4, -0.2) is 25.8 Å². The molecule has 1 heterocycles. The number of hydrogen-bond acceptors (Lipinski definition) is 4. The van der Waals surface area contributed by atoms with E-state index in [1.165, 1.54) is 4.31 Å². The van der Waals surface area contributed by atoms with Crippen LogP contribution in [0.1, 0.15) is 50.8 Å². The van der Waals surface area contributed by atoms with Crippen molar-refractivity contribution in [2.75, 3.05) is 13.1 Å². The van der Waals surface area contributed by atoms with E-state index in [0.717, 1.165) is 16.7 Å². The predicted molar refractivity (Wildman–Crippen MR) is 94.1 cm³/mol. The van der Waals surface area contributed by atoms with Gasteiger partial charge in [0.05, 0.1) is 4.91 Å². The molecule has 0 amide bonds. The Hall–Kier alpha value is -1.53. The SMILES string of the molecule is CCN1CC/C(=C\c2cc(C)c(N=O)c(C(C)(C)C)c2)S1(=O)=O. The van der Waals surface area contributed by atoms with E-state index >= 15 is 0 Å². The summed E-state index contributed by atoms with van der Waals surface area (Å²) < 4.78 is 26.3. The minimum absolute atomic E-state index is 0.244.